The van der Waals surface area contributed by atoms with Crippen molar-refractivity contribution in [3.05, 3.63) is 63.9 Å². The van der Waals surface area contributed by atoms with E-state index in [1.54, 1.807) is 12.1 Å². The highest BCUT2D eigenvalue weighted by Crippen LogP contribution is 2.24. The first-order chi connectivity index (χ1) is 9.95. The maximum absolute atomic E-state index is 13.4. The molecule has 0 amide bonds. The van der Waals surface area contributed by atoms with E-state index in [1.165, 1.54) is 24.4 Å². The van der Waals surface area contributed by atoms with Gasteiger partial charge in [0, 0.05) is 10.5 Å². The van der Waals surface area contributed by atoms with Crippen LogP contribution in [-0.4, -0.2) is 11.0 Å². The Balaban J connectivity index is 2.28. The average Bonchev–Trinajstić information content (AvgIpc) is 2.42. The van der Waals surface area contributed by atoms with Crippen LogP contribution in [0.25, 0.3) is 0 Å². The second kappa shape index (κ2) is 7.09. The van der Waals surface area contributed by atoms with Crippen LogP contribution in [0.3, 0.4) is 0 Å². The van der Waals surface area contributed by atoms with Gasteiger partial charge in [-0.3, -0.25) is 4.98 Å². The van der Waals surface area contributed by atoms with E-state index in [0.29, 0.717) is 6.42 Å². The average molecular weight is 355 g/mol. The van der Waals surface area contributed by atoms with Gasteiger partial charge in [-0.2, -0.15) is 0 Å². The molecule has 1 aromatic carbocycles. The summed E-state index contributed by atoms with van der Waals surface area (Å²) in [5.74, 6) is -0.641. The van der Waals surface area contributed by atoms with Crippen molar-refractivity contribution >= 4 is 15.9 Å². The van der Waals surface area contributed by atoms with Crippen LogP contribution in [0.4, 0.5) is 8.78 Å². The van der Waals surface area contributed by atoms with Gasteiger partial charge in [0.25, 0.3) is 0 Å². The van der Waals surface area contributed by atoms with Crippen molar-refractivity contribution in [2.45, 2.75) is 32.4 Å². The molecule has 5 heteroatoms. The fourth-order valence-corrected chi connectivity index (χ4v) is 2.57. The van der Waals surface area contributed by atoms with E-state index in [0.717, 1.165) is 15.7 Å². The summed E-state index contributed by atoms with van der Waals surface area (Å²) in [5, 5.41) is 3.38. The number of aromatic nitrogens is 1. The second-order valence-corrected chi connectivity index (χ2v) is 6.07. The number of nitrogens with zero attached hydrogens (tertiary/aromatic N) is 1. The zero-order valence-electron chi connectivity index (χ0n) is 11.9. The lowest BCUT2D eigenvalue weighted by atomic mass is 10.0. The normalized spacial score (nSPS) is 12.7. The first-order valence-corrected chi connectivity index (χ1v) is 7.56. The standard InChI is InChI=1S/C16H17BrF2N2/c1-10(2)21-16(15-6-4-13(19)9-20-15)8-11-7-12(18)3-5-14(11)17/h3-7,9-10,16,21H,8H2,1-2H3. The van der Waals surface area contributed by atoms with E-state index in [-0.39, 0.29) is 23.7 Å². The molecule has 2 nitrogen and oxygen atoms in total. The van der Waals surface area contributed by atoms with E-state index >= 15 is 0 Å². The number of hydrogen-bond donors (Lipinski definition) is 1. The quantitative estimate of drug-likeness (QED) is 0.860. The van der Waals surface area contributed by atoms with E-state index in [9.17, 15) is 8.78 Å². The summed E-state index contributed by atoms with van der Waals surface area (Å²) < 4.78 is 27.3. The van der Waals surface area contributed by atoms with Crippen LogP contribution in [-0.2, 0) is 6.42 Å². The van der Waals surface area contributed by atoms with Gasteiger partial charge in [-0.1, -0.05) is 29.8 Å². The molecule has 21 heavy (non-hydrogen) atoms. The molecule has 0 saturated carbocycles. The zero-order valence-corrected chi connectivity index (χ0v) is 13.5. The zero-order chi connectivity index (χ0) is 15.4. The van der Waals surface area contributed by atoms with E-state index in [2.05, 4.69) is 26.2 Å². The summed E-state index contributed by atoms with van der Waals surface area (Å²) in [6, 6.07) is 7.77. The summed E-state index contributed by atoms with van der Waals surface area (Å²) in [7, 11) is 0. The minimum Gasteiger partial charge on any atom is -0.306 e. The molecular weight excluding hydrogens is 338 g/mol. The van der Waals surface area contributed by atoms with Crippen LogP contribution in [0.5, 0.6) is 0 Å². The van der Waals surface area contributed by atoms with Gasteiger partial charge in [0.2, 0.25) is 0 Å². The first kappa shape index (κ1) is 16.0. The highest BCUT2D eigenvalue weighted by molar-refractivity contribution is 9.10. The molecule has 112 valence electrons. The second-order valence-electron chi connectivity index (χ2n) is 5.22. The summed E-state index contributed by atoms with van der Waals surface area (Å²) in [6.45, 7) is 4.05. The molecule has 0 spiro atoms. The number of halogens is 3. The number of rotatable bonds is 5. The molecule has 0 aliphatic rings. The van der Waals surface area contributed by atoms with Crippen molar-refractivity contribution in [3.63, 3.8) is 0 Å². The molecule has 0 fully saturated rings. The molecule has 1 atom stereocenters. The molecule has 0 radical (unpaired) electrons. The largest absolute Gasteiger partial charge is 0.306 e. The third-order valence-corrected chi connectivity index (χ3v) is 3.85. The monoisotopic (exact) mass is 354 g/mol. The molecule has 1 heterocycles. The van der Waals surface area contributed by atoms with Crippen molar-refractivity contribution in [2.75, 3.05) is 0 Å². The molecule has 1 unspecified atom stereocenters. The summed E-state index contributed by atoms with van der Waals surface area (Å²) in [4.78, 5) is 4.13. The summed E-state index contributed by atoms with van der Waals surface area (Å²) >= 11 is 3.43. The third-order valence-electron chi connectivity index (χ3n) is 3.07. The van der Waals surface area contributed by atoms with Crippen LogP contribution in [0.1, 0.15) is 31.1 Å². The molecule has 0 aliphatic carbocycles. The van der Waals surface area contributed by atoms with Crippen LogP contribution in [0.2, 0.25) is 0 Å². The van der Waals surface area contributed by atoms with E-state index in [4.69, 9.17) is 0 Å². The Morgan fingerprint density at radius 3 is 2.48 bits per heavy atom. The van der Waals surface area contributed by atoms with Crippen LogP contribution in [0, 0.1) is 11.6 Å². The van der Waals surface area contributed by atoms with Crippen molar-refractivity contribution in [1.82, 2.24) is 10.3 Å². The summed E-state index contributed by atoms with van der Waals surface area (Å²) in [5.41, 5.74) is 1.58. The molecule has 1 aromatic heterocycles. The number of pyridine rings is 1. The molecule has 2 rings (SSSR count). The summed E-state index contributed by atoms with van der Waals surface area (Å²) in [6.07, 6.45) is 1.76. The highest BCUT2D eigenvalue weighted by atomic mass is 79.9. The van der Waals surface area contributed by atoms with Crippen LogP contribution < -0.4 is 5.32 Å². The Morgan fingerprint density at radius 1 is 1.14 bits per heavy atom. The molecule has 0 aliphatic heterocycles. The van der Waals surface area contributed by atoms with E-state index < -0.39 is 0 Å². The highest BCUT2D eigenvalue weighted by Gasteiger charge is 2.16. The minimum atomic E-state index is -0.367. The number of benzene rings is 1. The topological polar surface area (TPSA) is 24.9 Å². The SMILES string of the molecule is CC(C)NC(Cc1cc(F)ccc1Br)c1ccc(F)cn1. The van der Waals surface area contributed by atoms with Gasteiger partial charge < -0.3 is 5.32 Å². The minimum absolute atomic E-state index is 0.108. The third kappa shape index (κ3) is 4.58. The Morgan fingerprint density at radius 2 is 1.86 bits per heavy atom. The molecular formula is C16H17BrF2N2. The fourth-order valence-electron chi connectivity index (χ4n) is 2.16. The van der Waals surface area contributed by atoms with Crippen LogP contribution >= 0.6 is 15.9 Å². The van der Waals surface area contributed by atoms with Gasteiger partial charge in [0.1, 0.15) is 11.6 Å². The maximum atomic E-state index is 13.4. The number of hydrogen-bond acceptors (Lipinski definition) is 2. The smallest absolute Gasteiger partial charge is 0.141 e. The van der Waals surface area contributed by atoms with Crippen molar-refractivity contribution in [3.8, 4) is 0 Å². The van der Waals surface area contributed by atoms with Crippen LogP contribution in [0.15, 0.2) is 41.0 Å². The Kier molecular flexibility index (Phi) is 5.42. The lowest BCUT2D eigenvalue weighted by Crippen LogP contribution is -2.30. The molecule has 1 N–H and O–H groups in total. The van der Waals surface area contributed by atoms with Gasteiger partial charge in [0.05, 0.1) is 17.9 Å². The Labute approximate surface area is 131 Å². The Bertz CT molecular complexity index is 600. The lowest BCUT2D eigenvalue weighted by molar-refractivity contribution is 0.463. The van der Waals surface area contributed by atoms with Gasteiger partial charge in [-0.25, -0.2) is 8.78 Å². The van der Waals surface area contributed by atoms with Gasteiger partial charge in [-0.05, 0) is 42.3 Å². The van der Waals surface area contributed by atoms with Crippen molar-refractivity contribution < 1.29 is 8.78 Å². The predicted octanol–water partition coefficient (Wildman–Crippen LogP) is 4.40. The maximum Gasteiger partial charge on any atom is 0.141 e. The number of nitrogens with one attached hydrogen (secondary N) is 1. The molecule has 0 saturated heterocycles. The predicted molar refractivity (Wildman–Crippen MR) is 83.0 cm³/mol. The van der Waals surface area contributed by atoms with Gasteiger partial charge in [0.15, 0.2) is 0 Å². The van der Waals surface area contributed by atoms with Gasteiger partial charge in [-0.15, -0.1) is 0 Å². The lowest BCUT2D eigenvalue weighted by Gasteiger charge is -2.21. The van der Waals surface area contributed by atoms with E-state index in [1.807, 2.05) is 13.8 Å². The van der Waals surface area contributed by atoms with Gasteiger partial charge >= 0.3 is 0 Å². The Hall–Kier alpha value is -1.33. The van der Waals surface area contributed by atoms with Crippen molar-refractivity contribution in [1.29, 1.82) is 0 Å². The molecule has 2 aromatic rings. The fraction of sp³-hybridized carbons (Fsp3) is 0.312. The molecule has 0 bridgehead atoms. The van der Waals surface area contributed by atoms with Crippen molar-refractivity contribution in [2.24, 2.45) is 0 Å². The first-order valence-electron chi connectivity index (χ1n) is 6.77.